The van der Waals surface area contributed by atoms with Crippen LogP contribution in [0.2, 0.25) is 0 Å². The fourth-order valence-electron chi connectivity index (χ4n) is 5.15. The van der Waals surface area contributed by atoms with Gasteiger partial charge in [0.2, 0.25) is 0 Å². The van der Waals surface area contributed by atoms with Crippen LogP contribution in [0.1, 0.15) is 69.4 Å². The van der Waals surface area contributed by atoms with Gasteiger partial charge in [-0.3, -0.25) is 0 Å². The van der Waals surface area contributed by atoms with Gasteiger partial charge in [-0.1, -0.05) is 74.0 Å². The molecule has 0 spiro atoms. The second kappa shape index (κ2) is 11.1. The minimum Gasteiger partial charge on any atom is -0.207 e. The van der Waals surface area contributed by atoms with Gasteiger partial charge in [0.1, 0.15) is 5.82 Å². The Morgan fingerprint density at radius 3 is 2.12 bits per heavy atom. The highest BCUT2D eigenvalue weighted by Gasteiger charge is 2.23. The quantitative estimate of drug-likeness (QED) is 0.307. The van der Waals surface area contributed by atoms with Crippen LogP contribution in [-0.2, 0) is 6.42 Å². The lowest BCUT2D eigenvalue weighted by molar-refractivity contribution is 0.368. The zero-order valence-electron chi connectivity index (χ0n) is 20.1. The van der Waals surface area contributed by atoms with E-state index in [2.05, 4.69) is 19.1 Å². The first-order chi connectivity index (χ1) is 16.5. The van der Waals surface area contributed by atoms with Crippen LogP contribution in [0.5, 0.6) is 0 Å². The zero-order chi connectivity index (χ0) is 24.1. The number of hydrogen-bond acceptors (Lipinski definition) is 0. The fourth-order valence-corrected chi connectivity index (χ4v) is 5.15. The molecule has 3 heteroatoms. The van der Waals surface area contributed by atoms with Crippen LogP contribution in [0, 0.1) is 23.4 Å². The molecule has 3 aromatic carbocycles. The van der Waals surface area contributed by atoms with Crippen LogP contribution in [0.4, 0.5) is 13.2 Å². The Bertz CT molecular complexity index is 1140. The summed E-state index contributed by atoms with van der Waals surface area (Å²) in [4.78, 5) is 0. The average molecular weight is 463 g/mol. The molecule has 0 atom stereocenters. The molecule has 4 rings (SSSR count). The number of benzene rings is 3. The van der Waals surface area contributed by atoms with Gasteiger partial charge in [0.25, 0.3) is 0 Å². The van der Waals surface area contributed by atoms with Crippen molar-refractivity contribution in [2.45, 2.75) is 64.7 Å². The molecule has 1 aliphatic carbocycles. The third kappa shape index (κ3) is 5.29. The summed E-state index contributed by atoms with van der Waals surface area (Å²) in [5, 5.41) is 0. The number of aryl methyl sites for hydroxylation is 1. The van der Waals surface area contributed by atoms with Gasteiger partial charge in [-0.25, -0.2) is 13.2 Å². The molecule has 0 heterocycles. The molecule has 0 bridgehead atoms. The van der Waals surface area contributed by atoms with Crippen molar-refractivity contribution in [3.05, 3.63) is 95.3 Å². The van der Waals surface area contributed by atoms with Crippen molar-refractivity contribution in [2.75, 3.05) is 0 Å². The summed E-state index contributed by atoms with van der Waals surface area (Å²) in [6, 6.07) is 16.0. The van der Waals surface area contributed by atoms with E-state index in [1.165, 1.54) is 0 Å². The molecule has 1 saturated carbocycles. The van der Waals surface area contributed by atoms with Gasteiger partial charge in [0.15, 0.2) is 11.6 Å². The second-order valence-corrected chi connectivity index (χ2v) is 9.45. The zero-order valence-corrected chi connectivity index (χ0v) is 20.1. The lowest BCUT2D eigenvalue weighted by atomic mass is 9.78. The average Bonchev–Trinajstić information content (AvgIpc) is 2.86. The summed E-state index contributed by atoms with van der Waals surface area (Å²) < 4.78 is 44.2. The Morgan fingerprint density at radius 1 is 0.794 bits per heavy atom. The van der Waals surface area contributed by atoms with Crippen molar-refractivity contribution in [3.63, 3.8) is 0 Å². The summed E-state index contributed by atoms with van der Waals surface area (Å²) in [7, 11) is 0. The molecule has 0 radical (unpaired) electrons. The molecule has 3 aromatic rings. The smallest absolute Gasteiger partial charge is 0.166 e. The summed E-state index contributed by atoms with van der Waals surface area (Å²) in [6.07, 6.45) is 10.9. The Hall–Kier alpha value is -2.81. The molecule has 0 aromatic heterocycles. The van der Waals surface area contributed by atoms with Crippen molar-refractivity contribution >= 4 is 0 Å². The van der Waals surface area contributed by atoms with Crippen LogP contribution in [0.3, 0.4) is 0 Å². The lowest BCUT2D eigenvalue weighted by Gasteiger charge is -2.27. The molecule has 0 unspecified atom stereocenters. The number of allylic oxidation sites excluding steroid dienone is 2. The van der Waals surface area contributed by atoms with Gasteiger partial charge in [-0.05, 0) is 91.2 Å². The van der Waals surface area contributed by atoms with Crippen LogP contribution >= 0.6 is 0 Å². The van der Waals surface area contributed by atoms with Crippen molar-refractivity contribution in [1.82, 2.24) is 0 Å². The number of halogens is 3. The highest BCUT2D eigenvalue weighted by molar-refractivity contribution is 5.71. The maximum Gasteiger partial charge on any atom is 0.166 e. The van der Waals surface area contributed by atoms with E-state index in [1.807, 2.05) is 31.2 Å². The minimum absolute atomic E-state index is 0.160. The van der Waals surface area contributed by atoms with Crippen LogP contribution in [0.15, 0.2) is 66.7 Å². The second-order valence-electron chi connectivity index (χ2n) is 9.45. The predicted octanol–water partition coefficient (Wildman–Crippen LogP) is 9.63. The van der Waals surface area contributed by atoms with Crippen LogP contribution < -0.4 is 0 Å². The maximum atomic E-state index is 15.0. The van der Waals surface area contributed by atoms with E-state index >= 15 is 4.39 Å². The van der Waals surface area contributed by atoms with E-state index in [1.54, 1.807) is 30.3 Å². The molecule has 0 saturated heterocycles. The minimum atomic E-state index is -0.805. The van der Waals surface area contributed by atoms with Crippen LogP contribution in [0.25, 0.3) is 22.3 Å². The lowest BCUT2D eigenvalue weighted by Crippen LogP contribution is -2.12. The molecule has 1 fully saturated rings. The summed E-state index contributed by atoms with van der Waals surface area (Å²) in [5.41, 5.74) is 3.73. The normalized spacial score (nSPS) is 18.5. The molecule has 1 aliphatic rings. The van der Waals surface area contributed by atoms with Gasteiger partial charge in [-0.15, -0.1) is 0 Å². The SMILES string of the molecule is C/C=C/C1CCC(c2ccc(-c3ccc(-c4ccc(CCCC)c(F)c4F)cc3)cc2F)CC1. The molecular weight excluding hydrogens is 429 g/mol. The molecule has 0 nitrogen and oxygen atoms in total. The van der Waals surface area contributed by atoms with E-state index in [0.29, 0.717) is 23.5 Å². The molecule has 34 heavy (non-hydrogen) atoms. The van der Waals surface area contributed by atoms with E-state index in [0.717, 1.165) is 55.2 Å². The maximum absolute atomic E-state index is 15.0. The molecule has 178 valence electrons. The standard InChI is InChI=1S/C31H33F3/c1-3-5-7-25-16-19-28(31(34)30(25)33)24-14-12-22(13-15-24)26-17-18-27(29(32)20-26)23-10-8-21(6-4-2)9-11-23/h4,6,12-21,23H,3,5,7-11H2,1-2H3/b6-4+. The van der Waals surface area contributed by atoms with E-state index in [9.17, 15) is 8.78 Å². The van der Waals surface area contributed by atoms with Crippen LogP contribution in [-0.4, -0.2) is 0 Å². The van der Waals surface area contributed by atoms with E-state index in [-0.39, 0.29) is 17.3 Å². The Kier molecular flexibility index (Phi) is 7.92. The summed E-state index contributed by atoms with van der Waals surface area (Å²) in [6.45, 7) is 4.08. The molecule has 0 aliphatic heterocycles. The van der Waals surface area contributed by atoms with Gasteiger partial charge < -0.3 is 0 Å². The van der Waals surface area contributed by atoms with E-state index < -0.39 is 11.6 Å². The first-order valence-electron chi connectivity index (χ1n) is 12.5. The largest absolute Gasteiger partial charge is 0.207 e. The number of hydrogen-bond donors (Lipinski definition) is 0. The van der Waals surface area contributed by atoms with Gasteiger partial charge in [-0.2, -0.15) is 0 Å². The number of unbranched alkanes of at least 4 members (excludes halogenated alkanes) is 1. The summed E-state index contributed by atoms with van der Waals surface area (Å²) >= 11 is 0. The van der Waals surface area contributed by atoms with Gasteiger partial charge in [0.05, 0.1) is 0 Å². The first-order valence-corrected chi connectivity index (χ1v) is 12.5. The fraction of sp³-hybridized carbons (Fsp3) is 0.355. The van der Waals surface area contributed by atoms with Crippen molar-refractivity contribution in [1.29, 1.82) is 0 Å². The van der Waals surface area contributed by atoms with E-state index in [4.69, 9.17) is 0 Å². The molecule has 0 N–H and O–H groups in total. The van der Waals surface area contributed by atoms with Crippen molar-refractivity contribution in [3.8, 4) is 22.3 Å². The Morgan fingerprint density at radius 2 is 1.47 bits per heavy atom. The highest BCUT2D eigenvalue weighted by atomic mass is 19.2. The first kappa shape index (κ1) is 24.3. The third-order valence-electron chi connectivity index (χ3n) is 7.17. The Labute approximate surface area is 201 Å². The Balaban J connectivity index is 1.50. The van der Waals surface area contributed by atoms with Crippen molar-refractivity contribution < 1.29 is 13.2 Å². The summed E-state index contributed by atoms with van der Waals surface area (Å²) in [5.74, 6) is -0.829. The van der Waals surface area contributed by atoms with Gasteiger partial charge in [0, 0.05) is 5.56 Å². The number of rotatable bonds is 7. The van der Waals surface area contributed by atoms with Gasteiger partial charge >= 0.3 is 0 Å². The molecule has 0 amide bonds. The highest BCUT2D eigenvalue weighted by Crippen LogP contribution is 2.38. The topological polar surface area (TPSA) is 0 Å². The molecular formula is C31H33F3. The van der Waals surface area contributed by atoms with Crippen molar-refractivity contribution in [2.24, 2.45) is 5.92 Å². The monoisotopic (exact) mass is 462 g/mol. The third-order valence-corrected chi connectivity index (χ3v) is 7.17. The predicted molar refractivity (Wildman–Crippen MR) is 135 cm³/mol.